The molecule has 1 saturated heterocycles. The van der Waals surface area contributed by atoms with Gasteiger partial charge in [0.05, 0.1) is 11.4 Å². The first-order valence-electron chi connectivity index (χ1n) is 9.85. The molecule has 9 heteroatoms. The quantitative estimate of drug-likeness (QED) is 0.692. The van der Waals surface area contributed by atoms with E-state index in [0.29, 0.717) is 50.5 Å². The summed E-state index contributed by atoms with van der Waals surface area (Å²) in [5, 5.41) is 2.77. The van der Waals surface area contributed by atoms with Gasteiger partial charge in [-0.2, -0.15) is 0 Å². The van der Waals surface area contributed by atoms with E-state index in [1.807, 2.05) is 11.8 Å². The highest BCUT2D eigenvalue weighted by Crippen LogP contribution is 2.18. The Morgan fingerprint density at radius 3 is 2.33 bits per heavy atom. The first-order chi connectivity index (χ1) is 14.4. The first-order valence-corrected chi connectivity index (χ1v) is 11.3. The zero-order chi connectivity index (χ0) is 21.6. The number of carbonyl (C=O) groups excluding carboxylic acids is 2. The van der Waals surface area contributed by atoms with E-state index < -0.39 is 10.0 Å². The monoisotopic (exact) mass is 430 g/mol. The zero-order valence-corrected chi connectivity index (χ0v) is 17.7. The Hall–Kier alpha value is -2.91. The van der Waals surface area contributed by atoms with Gasteiger partial charge in [-0.15, -0.1) is 0 Å². The maximum Gasteiger partial charge on any atom is 0.261 e. The van der Waals surface area contributed by atoms with Crippen molar-refractivity contribution >= 4 is 27.5 Å². The zero-order valence-electron chi connectivity index (χ0n) is 16.9. The van der Waals surface area contributed by atoms with Gasteiger partial charge in [-0.25, -0.2) is 8.42 Å². The van der Waals surface area contributed by atoms with Crippen LogP contribution in [-0.2, 0) is 14.8 Å². The lowest BCUT2D eigenvalue weighted by molar-refractivity contribution is -0.122. The second-order valence-electron chi connectivity index (χ2n) is 7.02. The van der Waals surface area contributed by atoms with E-state index >= 15 is 0 Å². The SMILES string of the molecule is CCNC(=O)CN1CCN(C(=O)c2cccc(NS(=O)(=O)c3ccccc3)c2)CC1. The minimum atomic E-state index is -3.72. The third-order valence-corrected chi connectivity index (χ3v) is 6.21. The van der Waals surface area contributed by atoms with Gasteiger partial charge in [0, 0.05) is 44.0 Å². The summed E-state index contributed by atoms with van der Waals surface area (Å²) in [7, 11) is -3.72. The summed E-state index contributed by atoms with van der Waals surface area (Å²) in [5.41, 5.74) is 0.750. The number of likely N-dealkylation sites (N-methyl/N-ethyl adjacent to an activating group) is 1. The molecule has 1 aliphatic heterocycles. The molecule has 2 aromatic carbocycles. The number of anilines is 1. The van der Waals surface area contributed by atoms with Crippen LogP contribution in [0.15, 0.2) is 59.5 Å². The fourth-order valence-corrected chi connectivity index (χ4v) is 4.35. The molecule has 0 unspecified atom stereocenters. The van der Waals surface area contributed by atoms with Crippen LogP contribution < -0.4 is 10.0 Å². The Balaban J connectivity index is 1.62. The molecule has 2 N–H and O–H groups in total. The molecule has 0 saturated carbocycles. The molecule has 0 aliphatic carbocycles. The van der Waals surface area contributed by atoms with Crippen molar-refractivity contribution in [1.29, 1.82) is 0 Å². The lowest BCUT2D eigenvalue weighted by Crippen LogP contribution is -2.51. The Bertz CT molecular complexity index is 987. The Morgan fingerprint density at radius 2 is 1.67 bits per heavy atom. The Morgan fingerprint density at radius 1 is 0.967 bits per heavy atom. The second-order valence-corrected chi connectivity index (χ2v) is 8.70. The highest BCUT2D eigenvalue weighted by molar-refractivity contribution is 7.92. The number of benzene rings is 2. The minimum absolute atomic E-state index is 0.0179. The molecule has 0 spiro atoms. The number of hydrogen-bond acceptors (Lipinski definition) is 5. The maximum absolute atomic E-state index is 12.9. The molecule has 2 amide bonds. The van der Waals surface area contributed by atoms with Crippen LogP contribution in [0, 0.1) is 0 Å². The van der Waals surface area contributed by atoms with E-state index in [1.165, 1.54) is 12.1 Å². The normalized spacial score (nSPS) is 14.9. The lowest BCUT2D eigenvalue weighted by Gasteiger charge is -2.34. The first kappa shape index (κ1) is 21.8. The van der Waals surface area contributed by atoms with Gasteiger partial charge in [-0.1, -0.05) is 24.3 Å². The second kappa shape index (κ2) is 9.73. The molecule has 1 aliphatic rings. The molecule has 2 aromatic rings. The van der Waals surface area contributed by atoms with Crippen molar-refractivity contribution in [3.8, 4) is 0 Å². The van der Waals surface area contributed by atoms with Crippen LogP contribution in [0.4, 0.5) is 5.69 Å². The van der Waals surface area contributed by atoms with E-state index in [4.69, 9.17) is 0 Å². The summed E-state index contributed by atoms with van der Waals surface area (Å²) in [6.07, 6.45) is 0. The third-order valence-electron chi connectivity index (χ3n) is 4.82. The number of amides is 2. The van der Waals surface area contributed by atoms with E-state index in [9.17, 15) is 18.0 Å². The van der Waals surface area contributed by atoms with Gasteiger partial charge < -0.3 is 10.2 Å². The number of carbonyl (C=O) groups is 2. The van der Waals surface area contributed by atoms with E-state index in [1.54, 1.807) is 47.4 Å². The number of piperazine rings is 1. The van der Waals surface area contributed by atoms with Gasteiger partial charge in [0.15, 0.2) is 0 Å². The fraction of sp³-hybridized carbons (Fsp3) is 0.333. The molecule has 0 bridgehead atoms. The molecule has 8 nitrogen and oxygen atoms in total. The third kappa shape index (κ3) is 5.58. The topological polar surface area (TPSA) is 98.8 Å². The van der Waals surface area contributed by atoms with Crippen molar-refractivity contribution in [2.75, 3.05) is 44.0 Å². The van der Waals surface area contributed by atoms with Gasteiger partial charge in [-0.3, -0.25) is 19.2 Å². The smallest absolute Gasteiger partial charge is 0.261 e. The Kier molecular flexibility index (Phi) is 7.07. The predicted molar refractivity (Wildman–Crippen MR) is 115 cm³/mol. The van der Waals surface area contributed by atoms with E-state index in [0.717, 1.165) is 0 Å². The van der Waals surface area contributed by atoms with Crippen molar-refractivity contribution in [1.82, 2.24) is 15.1 Å². The van der Waals surface area contributed by atoms with Gasteiger partial charge in [-0.05, 0) is 37.3 Å². The molecule has 0 aromatic heterocycles. The van der Waals surface area contributed by atoms with Crippen LogP contribution >= 0.6 is 0 Å². The molecule has 160 valence electrons. The molecule has 3 rings (SSSR count). The van der Waals surface area contributed by atoms with Gasteiger partial charge in [0.2, 0.25) is 5.91 Å². The average Bonchev–Trinajstić information content (AvgIpc) is 2.74. The number of rotatable bonds is 7. The standard InChI is InChI=1S/C21H26N4O4S/c1-2-22-20(26)16-24-11-13-25(14-12-24)21(27)17-7-6-8-18(15-17)23-30(28,29)19-9-4-3-5-10-19/h3-10,15,23H,2,11-14,16H2,1H3,(H,22,26). The molecule has 30 heavy (non-hydrogen) atoms. The predicted octanol–water partition coefficient (Wildman–Crippen LogP) is 1.38. The van der Waals surface area contributed by atoms with Gasteiger partial charge in [0.25, 0.3) is 15.9 Å². The van der Waals surface area contributed by atoms with Crippen molar-refractivity contribution in [3.63, 3.8) is 0 Å². The summed E-state index contributed by atoms with van der Waals surface area (Å²) in [5.74, 6) is -0.177. The largest absolute Gasteiger partial charge is 0.355 e. The summed E-state index contributed by atoms with van der Waals surface area (Å²) >= 11 is 0. The van der Waals surface area contributed by atoms with Gasteiger partial charge >= 0.3 is 0 Å². The van der Waals surface area contributed by atoms with E-state index in [-0.39, 0.29) is 16.7 Å². The summed E-state index contributed by atoms with van der Waals surface area (Å²) in [6.45, 7) is 5.06. The average molecular weight is 431 g/mol. The molecule has 0 atom stereocenters. The molecule has 1 fully saturated rings. The molecular formula is C21H26N4O4S. The van der Waals surface area contributed by atoms with Crippen LogP contribution in [0.5, 0.6) is 0 Å². The lowest BCUT2D eigenvalue weighted by atomic mass is 10.1. The molecule has 0 radical (unpaired) electrons. The fourth-order valence-electron chi connectivity index (χ4n) is 3.28. The number of nitrogens with zero attached hydrogens (tertiary/aromatic N) is 2. The van der Waals surface area contributed by atoms with Gasteiger partial charge in [0.1, 0.15) is 0 Å². The van der Waals surface area contributed by atoms with Crippen molar-refractivity contribution in [2.24, 2.45) is 0 Å². The number of nitrogens with one attached hydrogen (secondary N) is 2. The highest BCUT2D eigenvalue weighted by atomic mass is 32.2. The summed E-state index contributed by atoms with van der Waals surface area (Å²) < 4.78 is 27.5. The molecular weight excluding hydrogens is 404 g/mol. The molecule has 1 heterocycles. The van der Waals surface area contributed by atoms with Crippen LogP contribution in [-0.4, -0.2) is 69.3 Å². The van der Waals surface area contributed by atoms with Crippen LogP contribution in [0.25, 0.3) is 0 Å². The number of sulfonamides is 1. The van der Waals surface area contributed by atoms with Crippen molar-refractivity contribution in [3.05, 3.63) is 60.2 Å². The van der Waals surface area contributed by atoms with Crippen LogP contribution in [0.1, 0.15) is 17.3 Å². The maximum atomic E-state index is 12.9. The number of hydrogen-bond donors (Lipinski definition) is 2. The summed E-state index contributed by atoms with van der Waals surface area (Å²) in [4.78, 5) is 28.5. The minimum Gasteiger partial charge on any atom is -0.355 e. The van der Waals surface area contributed by atoms with Crippen LogP contribution in [0.3, 0.4) is 0 Å². The summed E-state index contributed by atoms with van der Waals surface area (Å²) in [6, 6.07) is 14.6. The Labute approximate surface area is 176 Å². The van der Waals surface area contributed by atoms with Crippen LogP contribution in [0.2, 0.25) is 0 Å². The highest BCUT2D eigenvalue weighted by Gasteiger charge is 2.23. The van der Waals surface area contributed by atoms with E-state index in [2.05, 4.69) is 10.0 Å². The van der Waals surface area contributed by atoms with Crippen molar-refractivity contribution < 1.29 is 18.0 Å². The van der Waals surface area contributed by atoms with Crippen molar-refractivity contribution in [2.45, 2.75) is 11.8 Å².